The lowest BCUT2D eigenvalue weighted by Gasteiger charge is -2.16. The van der Waals surface area contributed by atoms with E-state index in [2.05, 4.69) is 4.74 Å². The van der Waals surface area contributed by atoms with E-state index in [1.807, 2.05) is 0 Å². The van der Waals surface area contributed by atoms with E-state index < -0.39 is 29.7 Å². The maximum Gasteiger partial charge on any atom is 0.573 e. The van der Waals surface area contributed by atoms with E-state index in [1.165, 1.54) is 6.07 Å². The van der Waals surface area contributed by atoms with Crippen LogP contribution >= 0.6 is 0 Å². The van der Waals surface area contributed by atoms with Crippen LogP contribution in [0.1, 0.15) is 23.7 Å². The van der Waals surface area contributed by atoms with Crippen LogP contribution in [0, 0.1) is 0 Å². The second kappa shape index (κ2) is 6.38. The zero-order valence-corrected chi connectivity index (χ0v) is 10.1. The summed E-state index contributed by atoms with van der Waals surface area (Å²) in [5.41, 5.74) is -0.0971. The van der Waals surface area contributed by atoms with Gasteiger partial charge in [0.15, 0.2) is 6.10 Å². The van der Waals surface area contributed by atoms with Crippen molar-refractivity contribution in [2.45, 2.75) is 25.3 Å². The normalized spacial score (nSPS) is 12.8. The molecule has 1 aromatic carbocycles. The summed E-state index contributed by atoms with van der Waals surface area (Å²) < 4.78 is 40.2. The Bertz CT molecular complexity index is 498. The molecule has 0 amide bonds. The standard InChI is InChI=1S/C12H11F3O5/c13-12(14,15)20-9-4-3-7(2-1-5-16)6-8(9)10(17)11(18)19/h3-6,10,17H,1-2H2,(H,18,19). The average Bonchev–Trinajstić information content (AvgIpc) is 2.34. The van der Waals surface area contributed by atoms with Crippen LogP contribution in [0.2, 0.25) is 0 Å². The van der Waals surface area contributed by atoms with Crippen LogP contribution in [-0.4, -0.2) is 28.8 Å². The van der Waals surface area contributed by atoms with E-state index in [4.69, 9.17) is 5.11 Å². The molecular formula is C12H11F3O5. The minimum absolute atomic E-state index is 0.127. The molecule has 20 heavy (non-hydrogen) atoms. The van der Waals surface area contributed by atoms with E-state index in [0.717, 1.165) is 12.1 Å². The molecule has 1 aromatic rings. The van der Waals surface area contributed by atoms with Crippen LogP contribution in [0.15, 0.2) is 18.2 Å². The number of carboxylic acid groups (broad SMARTS) is 1. The number of rotatable bonds is 6. The van der Waals surface area contributed by atoms with Gasteiger partial charge < -0.3 is 19.7 Å². The highest BCUT2D eigenvalue weighted by molar-refractivity contribution is 5.75. The quantitative estimate of drug-likeness (QED) is 0.781. The average molecular weight is 292 g/mol. The number of ether oxygens (including phenoxy) is 1. The molecule has 0 aliphatic heterocycles. The summed E-state index contributed by atoms with van der Waals surface area (Å²) in [6.45, 7) is 0. The summed E-state index contributed by atoms with van der Waals surface area (Å²) in [6.07, 6.45) is -6.19. The van der Waals surface area contributed by atoms with Gasteiger partial charge in [0.1, 0.15) is 12.0 Å². The molecule has 0 radical (unpaired) electrons. The highest BCUT2D eigenvalue weighted by atomic mass is 19.4. The number of aliphatic hydroxyl groups is 1. The molecular weight excluding hydrogens is 281 g/mol. The zero-order chi connectivity index (χ0) is 15.3. The van der Waals surface area contributed by atoms with Crippen molar-refractivity contribution in [1.29, 1.82) is 0 Å². The van der Waals surface area contributed by atoms with Crippen molar-refractivity contribution < 1.29 is 37.7 Å². The van der Waals surface area contributed by atoms with Gasteiger partial charge in [0.25, 0.3) is 0 Å². The third-order valence-corrected chi connectivity index (χ3v) is 2.38. The fourth-order valence-electron chi connectivity index (χ4n) is 1.54. The van der Waals surface area contributed by atoms with Crippen molar-refractivity contribution in [2.75, 3.05) is 0 Å². The van der Waals surface area contributed by atoms with E-state index >= 15 is 0 Å². The fraction of sp³-hybridized carbons (Fsp3) is 0.333. The Morgan fingerprint density at radius 3 is 2.55 bits per heavy atom. The van der Waals surface area contributed by atoms with Gasteiger partial charge in [-0.2, -0.15) is 0 Å². The highest BCUT2D eigenvalue weighted by Crippen LogP contribution is 2.31. The Balaban J connectivity index is 3.15. The number of carboxylic acids is 1. The molecule has 0 aliphatic carbocycles. The minimum Gasteiger partial charge on any atom is -0.479 e. The Morgan fingerprint density at radius 2 is 2.05 bits per heavy atom. The summed E-state index contributed by atoms with van der Waals surface area (Å²) in [6, 6.07) is 3.25. The van der Waals surface area contributed by atoms with Crippen LogP contribution in [-0.2, 0) is 16.0 Å². The fourth-order valence-corrected chi connectivity index (χ4v) is 1.54. The molecule has 0 aromatic heterocycles. The first kappa shape index (κ1) is 16.0. The maximum absolute atomic E-state index is 12.2. The van der Waals surface area contributed by atoms with Crippen molar-refractivity contribution in [3.05, 3.63) is 29.3 Å². The van der Waals surface area contributed by atoms with E-state index in [0.29, 0.717) is 11.8 Å². The molecule has 5 nitrogen and oxygen atoms in total. The van der Waals surface area contributed by atoms with E-state index in [9.17, 15) is 27.9 Å². The first-order chi connectivity index (χ1) is 9.24. The number of aryl methyl sites for hydroxylation is 1. The van der Waals surface area contributed by atoms with E-state index in [1.54, 1.807) is 0 Å². The molecule has 0 heterocycles. The molecule has 0 fully saturated rings. The van der Waals surface area contributed by atoms with Gasteiger partial charge in [-0.15, -0.1) is 13.2 Å². The summed E-state index contributed by atoms with van der Waals surface area (Å²) in [5.74, 6) is -2.49. The van der Waals surface area contributed by atoms with Crippen molar-refractivity contribution in [3.63, 3.8) is 0 Å². The molecule has 0 saturated carbocycles. The Morgan fingerprint density at radius 1 is 1.40 bits per heavy atom. The van der Waals surface area contributed by atoms with Gasteiger partial charge in [0.05, 0.1) is 0 Å². The number of alkyl halides is 3. The molecule has 8 heteroatoms. The molecule has 0 saturated heterocycles. The predicted molar refractivity (Wildman–Crippen MR) is 60.1 cm³/mol. The monoisotopic (exact) mass is 292 g/mol. The first-order valence-corrected chi connectivity index (χ1v) is 5.47. The molecule has 0 aliphatic rings. The molecule has 1 rings (SSSR count). The largest absolute Gasteiger partial charge is 0.573 e. The lowest BCUT2D eigenvalue weighted by molar-refractivity contribution is -0.275. The number of carbonyl (C=O) groups is 2. The summed E-state index contributed by atoms with van der Waals surface area (Å²) >= 11 is 0. The summed E-state index contributed by atoms with van der Waals surface area (Å²) in [4.78, 5) is 20.9. The van der Waals surface area contributed by atoms with Gasteiger partial charge in [-0.1, -0.05) is 6.07 Å². The van der Waals surface area contributed by atoms with Gasteiger partial charge in [-0.25, -0.2) is 4.79 Å². The number of aliphatic hydroxyl groups excluding tert-OH is 1. The second-order valence-electron chi connectivity index (χ2n) is 3.87. The lowest BCUT2D eigenvalue weighted by atomic mass is 10.0. The summed E-state index contributed by atoms with van der Waals surface area (Å²) in [7, 11) is 0. The Hall–Kier alpha value is -2.09. The number of aliphatic carboxylic acids is 1. The van der Waals surface area contributed by atoms with Crippen LogP contribution in [0.3, 0.4) is 0 Å². The first-order valence-electron chi connectivity index (χ1n) is 5.47. The van der Waals surface area contributed by atoms with Crippen LogP contribution in [0.5, 0.6) is 5.75 Å². The van der Waals surface area contributed by atoms with Crippen molar-refractivity contribution in [2.24, 2.45) is 0 Å². The van der Waals surface area contributed by atoms with Crippen LogP contribution in [0.4, 0.5) is 13.2 Å². The zero-order valence-electron chi connectivity index (χ0n) is 10.1. The SMILES string of the molecule is O=CCCc1ccc(OC(F)(F)F)c(C(O)C(=O)O)c1. The van der Waals surface area contributed by atoms with Crippen molar-refractivity contribution in [3.8, 4) is 5.75 Å². The predicted octanol–water partition coefficient (Wildman–Crippen LogP) is 1.83. The van der Waals surface area contributed by atoms with Crippen LogP contribution in [0.25, 0.3) is 0 Å². The number of hydrogen-bond donors (Lipinski definition) is 2. The third-order valence-electron chi connectivity index (χ3n) is 2.38. The molecule has 1 unspecified atom stereocenters. The van der Waals surface area contributed by atoms with Gasteiger partial charge in [-0.05, 0) is 24.1 Å². The minimum atomic E-state index is -5.00. The van der Waals surface area contributed by atoms with Crippen LogP contribution < -0.4 is 4.74 Å². The maximum atomic E-state index is 12.2. The molecule has 2 N–H and O–H groups in total. The summed E-state index contributed by atoms with van der Waals surface area (Å²) in [5, 5.41) is 18.1. The van der Waals surface area contributed by atoms with Gasteiger partial charge in [0.2, 0.25) is 0 Å². The Labute approximate surface area is 111 Å². The van der Waals surface area contributed by atoms with E-state index in [-0.39, 0.29) is 12.8 Å². The van der Waals surface area contributed by atoms with Gasteiger partial charge >= 0.3 is 12.3 Å². The Kier molecular flexibility index (Phi) is 5.09. The topological polar surface area (TPSA) is 83.8 Å². The number of hydrogen-bond acceptors (Lipinski definition) is 4. The number of carbonyl (C=O) groups excluding carboxylic acids is 1. The number of halogens is 3. The molecule has 110 valence electrons. The highest BCUT2D eigenvalue weighted by Gasteiger charge is 2.33. The smallest absolute Gasteiger partial charge is 0.479 e. The molecule has 0 bridgehead atoms. The van der Waals surface area contributed by atoms with Gasteiger partial charge in [-0.3, -0.25) is 0 Å². The third kappa shape index (κ3) is 4.54. The second-order valence-corrected chi connectivity index (χ2v) is 3.87. The number of aldehydes is 1. The van der Waals surface area contributed by atoms with Crippen molar-refractivity contribution in [1.82, 2.24) is 0 Å². The number of benzene rings is 1. The van der Waals surface area contributed by atoms with Gasteiger partial charge in [0, 0.05) is 12.0 Å². The van der Waals surface area contributed by atoms with Crippen molar-refractivity contribution >= 4 is 12.3 Å². The molecule has 1 atom stereocenters. The molecule has 0 spiro atoms. The lowest BCUT2D eigenvalue weighted by Crippen LogP contribution is -2.20.